The molecule has 0 saturated carbocycles. The third-order valence-corrected chi connectivity index (χ3v) is 3.56. The molecule has 0 spiro atoms. The average Bonchev–Trinajstić information content (AvgIpc) is 2.59. The third-order valence-electron chi connectivity index (χ3n) is 3.56. The zero-order valence-corrected chi connectivity index (χ0v) is 12.8. The topological polar surface area (TPSA) is 63.6 Å². The molecule has 0 radical (unpaired) electrons. The summed E-state index contributed by atoms with van der Waals surface area (Å²) in [4.78, 5) is 23.5. The number of carboxylic acid groups (broad SMARTS) is 1. The van der Waals surface area contributed by atoms with Crippen molar-refractivity contribution in [2.24, 2.45) is 5.92 Å². The predicted octanol–water partition coefficient (Wildman–Crippen LogP) is 3.36. The number of methoxy groups -OCH3 is 1. The van der Waals surface area contributed by atoms with E-state index >= 15 is 0 Å². The summed E-state index contributed by atoms with van der Waals surface area (Å²) in [5, 5.41) is 9.47. The van der Waals surface area contributed by atoms with Crippen molar-refractivity contribution in [1.29, 1.82) is 0 Å². The van der Waals surface area contributed by atoms with E-state index < -0.39 is 23.8 Å². The van der Waals surface area contributed by atoms with Gasteiger partial charge in [0, 0.05) is 5.92 Å². The highest BCUT2D eigenvalue weighted by molar-refractivity contribution is 5.95. The molecular weight excluding hydrogens is 292 g/mol. The quantitative estimate of drug-likeness (QED) is 0.656. The Labute approximate surface area is 135 Å². The van der Waals surface area contributed by atoms with Crippen LogP contribution in [0, 0.1) is 5.92 Å². The summed E-state index contributed by atoms with van der Waals surface area (Å²) in [6, 6.07) is 18.6. The van der Waals surface area contributed by atoms with Gasteiger partial charge >= 0.3 is 11.9 Å². The number of esters is 1. The van der Waals surface area contributed by atoms with Gasteiger partial charge in [-0.1, -0.05) is 72.8 Å². The summed E-state index contributed by atoms with van der Waals surface area (Å²) in [6.07, 6.45) is 3.55. The molecule has 2 aromatic rings. The van der Waals surface area contributed by atoms with Gasteiger partial charge < -0.3 is 9.84 Å². The number of hydrogen-bond acceptors (Lipinski definition) is 3. The molecule has 2 unspecified atom stereocenters. The standard InChI is InChI=1S/C19H18O4/c1-23-19(22)17(18(20)21)16(15-10-6-3-7-11-15)13-12-14-8-4-2-5-9-14/h2-13,16-17H,1H3,(H,20,21)/b13-12+. The van der Waals surface area contributed by atoms with Crippen LogP contribution in [0.5, 0.6) is 0 Å². The fraction of sp³-hybridized carbons (Fsp3) is 0.158. The lowest BCUT2D eigenvalue weighted by atomic mass is 9.85. The first-order valence-corrected chi connectivity index (χ1v) is 7.22. The van der Waals surface area contributed by atoms with Crippen LogP contribution in [0.15, 0.2) is 66.7 Å². The average molecular weight is 310 g/mol. The van der Waals surface area contributed by atoms with Crippen molar-refractivity contribution in [2.45, 2.75) is 5.92 Å². The van der Waals surface area contributed by atoms with E-state index in [1.54, 1.807) is 18.2 Å². The van der Waals surface area contributed by atoms with Crippen LogP contribution >= 0.6 is 0 Å². The molecule has 0 aliphatic rings. The number of allylic oxidation sites excluding steroid dienone is 1. The summed E-state index contributed by atoms with van der Waals surface area (Å²) in [7, 11) is 1.20. The first kappa shape index (κ1) is 16.5. The highest BCUT2D eigenvalue weighted by Crippen LogP contribution is 2.28. The van der Waals surface area contributed by atoms with E-state index in [2.05, 4.69) is 4.74 Å². The molecule has 0 fully saturated rings. The summed E-state index contributed by atoms with van der Waals surface area (Å²) in [5.74, 6) is -3.86. The molecule has 1 N–H and O–H groups in total. The molecule has 23 heavy (non-hydrogen) atoms. The summed E-state index contributed by atoms with van der Waals surface area (Å²) >= 11 is 0. The van der Waals surface area contributed by atoms with Gasteiger partial charge in [0.1, 0.15) is 0 Å². The van der Waals surface area contributed by atoms with Gasteiger partial charge in [0.05, 0.1) is 7.11 Å². The molecule has 0 aliphatic carbocycles. The van der Waals surface area contributed by atoms with Gasteiger partial charge in [0.25, 0.3) is 0 Å². The molecule has 2 aromatic carbocycles. The Kier molecular flexibility index (Phi) is 5.69. The van der Waals surface area contributed by atoms with Gasteiger partial charge in [0.2, 0.25) is 0 Å². The van der Waals surface area contributed by atoms with E-state index in [0.717, 1.165) is 11.1 Å². The molecule has 118 valence electrons. The maximum atomic E-state index is 11.9. The predicted molar refractivity (Wildman–Crippen MR) is 87.8 cm³/mol. The fourth-order valence-electron chi connectivity index (χ4n) is 2.40. The van der Waals surface area contributed by atoms with Crippen LogP contribution in [0.2, 0.25) is 0 Å². The van der Waals surface area contributed by atoms with Gasteiger partial charge in [-0.15, -0.1) is 0 Å². The third kappa shape index (κ3) is 4.30. The second-order valence-corrected chi connectivity index (χ2v) is 5.05. The maximum absolute atomic E-state index is 11.9. The van der Waals surface area contributed by atoms with Crippen LogP contribution in [-0.4, -0.2) is 24.2 Å². The number of ether oxygens (including phenoxy) is 1. The highest BCUT2D eigenvalue weighted by atomic mass is 16.5. The Bertz CT molecular complexity index is 677. The molecule has 2 atom stereocenters. The molecule has 0 bridgehead atoms. The van der Waals surface area contributed by atoms with Gasteiger partial charge in [-0.3, -0.25) is 9.59 Å². The summed E-state index contributed by atoms with van der Waals surface area (Å²) < 4.78 is 4.67. The van der Waals surface area contributed by atoms with Crippen molar-refractivity contribution in [3.05, 3.63) is 77.9 Å². The highest BCUT2D eigenvalue weighted by Gasteiger charge is 2.35. The Morgan fingerprint density at radius 2 is 1.57 bits per heavy atom. The second kappa shape index (κ2) is 7.94. The molecule has 0 aliphatic heterocycles. The molecule has 0 saturated heterocycles. The summed E-state index contributed by atoms with van der Waals surface area (Å²) in [6.45, 7) is 0. The number of carboxylic acids is 1. The van der Waals surface area contributed by atoms with Crippen LogP contribution in [0.25, 0.3) is 6.08 Å². The van der Waals surface area contributed by atoms with E-state index in [0.29, 0.717) is 0 Å². The molecule has 0 amide bonds. The van der Waals surface area contributed by atoms with E-state index in [-0.39, 0.29) is 0 Å². The number of hydrogen-bond donors (Lipinski definition) is 1. The van der Waals surface area contributed by atoms with Crippen molar-refractivity contribution in [2.75, 3.05) is 7.11 Å². The second-order valence-electron chi connectivity index (χ2n) is 5.05. The first-order chi connectivity index (χ1) is 11.1. The zero-order valence-electron chi connectivity index (χ0n) is 12.8. The maximum Gasteiger partial charge on any atom is 0.321 e. The van der Waals surface area contributed by atoms with Crippen molar-refractivity contribution >= 4 is 18.0 Å². The first-order valence-electron chi connectivity index (χ1n) is 7.22. The Balaban J connectivity index is 2.41. The van der Waals surface area contributed by atoms with Crippen molar-refractivity contribution < 1.29 is 19.4 Å². The lowest BCUT2D eigenvalue weighted by molar-refractivity contribution is -0.157. The van der Waals surface area contributed by atoms with Crippen LogP contribution in [0.4, 0.5) is 0 Å². The van der Waals surface area contributed by atoms with Crippen LogP contribution in [0.3, 0.4) is 0 Å². The number of rotatable bonds is 6. The largest absolute Gasteiger partial charge is 0.481 e. The smallest absolute Gasteiger partial charge is 0.321 e. The van der Waals surface area contributed by atoms with Crippen molar-refractivity contribution in [1.82, 2.24) is 0 Å². The number of benzene rings is 2. The monoisotopic (exact) mass is 310 g/mol. The van der Waals surface area contributed by atoms with Crippen molar-refractivity contribution in [3.63, 3.8) is 0 Å². The lowest BCUT2D eigenvalue weighted by Crippen LogP contribution is -2.30. The molecule has 4 nitrogen and oxygen atoms in total. The molecule has 4 heteroatoms. The van der Waals surface area contributed by atoms with E-state index in [1.165, 1.54) is 7.11 Å². The molecule has 0 aromatic heterocycles. The number of carbonyl (C=O) groups is 2. The Morgan fingerprint density at radius 3 is 2.09 bits per heavy atom. The minimum Gasteiger partial charge on any atom is -0.481 e. The van der Waals surface area contributed by atoms with E-state index in [1.807, 2.05) is 54.6 Å². The van der Waals surface area contributed by atoms with Gasteiger partial charge in [0.15, 0.2) is 5.92 Å². The van der Waals surface area contributed by atoms with Gasteiger partial charge in [-0.2, -0.15) is 0 Å². The molecular formula is C19H18O4. The van der Waals surface area contributed by atoms with Crippen LogP contribution < -0.4 is 0 Å². The minimum absolute atomic E-state index is 0.610. The van der Waals surface area contributed by atoms with E-state index in [9.17, 15) is 14.7 Å². The Morgan fingerprint density at radius 1 is 1.00 bits per heavy atom. The summed E-state index contributed by atoms with van der Waals surface area (Å²) in [5.41, 5.74) is 1.68. The van der Waals surface area contributed by atoms with E-state index in [4.69, 9.17) is 0 Å². The van der Waals surface area contributed by atoms with Gasteiger partial charge in [-0.25, -0.2) is 0 Å². The van der Waals surface area contributed by atoms with Gasteiger partial charge in [-0.05, 0) is 11.1 Å². The zero-order chi connectivity index (χ0) is 16.7. The van der Waals surface area contributed by atoms with Crippen molar-refractivity contribution in [3.8, 4) is 0 Å². The molecule has 2 rings (SSSR count). The lowest BCUT2D eigenvalue weighted by Gasteiger charge is -2.19. The SMILES string of the molecule is COC(=O)C(C(=O)O)C(/C=C/c1ccccc1)c1ccccc1. The normalized spacial score (nSPS) is 13.4. The number of carbonyl (C=O) groups excluding carboxylic acids is 1. The van der Waals surface area contributed by atoms with Crippen LogP contribution in [-0.2, 0) is 14.3 Å². The minimum atomic E-state index is -1.29. The Hall–Kier alpha value is -2.88. The molecule has 0 heterocycles. The fourth-order valence-corrected chi connectivity index (χ4v) is 2.40. The van der Waals surface area contributed by atoms with Crippen LogP contribution in [0.1, 0.15) is 17.0 Å². The number of aliphatic carboxylic acids is 1.